The number of β-amino-alcohol motifs (C(OH)–C–C–N with tert-alkyl or cyclic N) is 1. The number of rotatable bonds is 2. The van der Waals surface area contributed by atoms with Crippen LogP contribution >= 0.6 is 0 Å². The van der Waals surface area contributed by atoms with Crippen LogP contribution in [-0.4, -0.2) is 41.7 Å². The van der Waals surface area contributed by atoms with Crippen molar-refractivity contribution >= 4 is 11.6 Å². The number of benzene rings is 1. The molecular formula is C14H17F3N2O2. The van der Waals surface area contributed by atoms with Crippen LogP contribution in [0.4, 0.5) is 18.9 Å². The van der Waals surface area contributed by atoms with Gasteiger partial charge in [0.2, 0.25) is 0 Å². The highest BCUT2D eigenvalue weighted by Crippen LogP contribution is 2.35. The van der Waals surface area contributed by atoms with Crippen LogP contribution in [0.3, 0.4) is 0 Å². The van der Waals surface area contributed by atoms with Gasteiger partial charge in [0.1, 0.15) is 0 Å². The van der Waals surface area contributed by atoms with Crippen LogP contribution in [0, 0.1) is 0 Å². The van der Waals surface area contributed by atoms with Crippen LogP contribution in [0.25, 0.3) is 0 Å². The zero-order chi connectivity index (χ0) is 15.8. The molecule has 1 saturated heterocycles. The van der Waals surface area contributed by atoms with Gasteiger partial charge in [-0.3, -0.25) is 4.79 Å². The van der Waals surface area contributed by atoms with E-state index < -0.39 is 23.2 Å². The lowest BCUT2D eigenvalue weighted by Crippen LogP contribution is -2.34. The maximum atomic E-state index is 13.0. The van der Waals surface area contributed by atoms with Gasteiger partial charge in [-0.1, -0.05) is 0 Å². The second kappa shape index (κ2) is 5.22. The molecule has 2 N–H and O–H groups in total. The van der Waals surface area contributed by atoms with Gasteiger partial charge in [0, 0.05) is 31.4 Å². The summed E-state index contributed by atoms with van der Waals surface area (Å²) in [7, 11) is 1.39. The quantitative estimate of drug-likeness (QED) is 0.881. The van der Waals surface area contributed by atoms with Gasteiger partial charge < -0.3 is 15.3 Å². The molecule has 1 amide bonds. The Morgan fingerprint density at radius 3 is 2.57 bits per heavy atom. The molecule has 0 aliphatic carbocycles. The van der Waals surface area contributed by atoms with Crippen LogP contribution in [-0.2, 0) is 6.18 Å². The number of alkyl halides is 3. The lowest BCUT2D eigenvalue weighted by atomic mass is 10.1. The van der Waals surface area contributed by atoms with Crippen molar-refractivity contribution in [2.24, 2.45) is 0 Å². The number of carbonyl (C=O) groups excluding carboxylic acids is 1. The molecule has 0 saturated carbocycles. The zero-order valence-corrected chi connectivity index (χ0v) is 11.8. The minimum Gasteiger partial charge on any atom is -0.388 e. The first-order valence-corrected chi connectivity index (χ1v) is 6.55. The molecule has 116 valence electrons. The van der Waals surface area contributed by atoms with E-state index in [1.807, 2.05) is 0 Å². The van der Waals surface area contributed by atoms with E-state index in [1.54, 1.807) is 6.92 Å². The summed E-state index contributed by atoms with van der Waals surface area (Å²) in [5.74, 6) is -0.499. The summed E-state index contributed by atoms with van der Waals surface area (Å²) in [5, 5.41) is 12.3. The number of hydrogen-bond donors (Lipinski definition) is 2. The van der Waals surface area contributed by atoms with Crippen molar-refractivity contribution in [1.29, 1.82) is 0 Å². The number of halogens is 3. The van der Waals surface area contributed by atoms with Crippen molar-refractivity contribution in [3.05, 3.63) is 29.3 Å². The summed E-state index contributed by atoms with van der Waals surface area (Å²) in [5.41, 5.74) is -1.96. The van der Waals surface area contributed by atoms with Crippen molar-refractivity contribution in [3.63, 3.8) is 0 Å². The van der Waals surface area contributed by atoms with E-state index in [4.69, 9.17) is 0 Å². The molecule has 7 heteroatoms. The summed E-state index contributed by atoms with van der Waals surface area (Å²) < 4.78 is 38.9. The van der Waals surface area contributed by atoms with Crippen LogP contribution < -0.4 is 5.32 Å². The average Bonchev–Trinajstić information content (AvgIpc) is 2.76. The molecule has 1 aromatic carbocycles. The van der Waals surface area contributed by atoms with Crippen LogP contribution in [0.15, 0.2) is 18.2 Å². The van der Waals surface area contributed by atoms with Gasteiger partial charge in [-0.25, -0.2) is 0 Å². The van der Waals surface area contributed by atoms with E-state index in [0.717, 1.165) is 6.07 Å². The van der Waals surface area contributed by atoms with E-state index in [1.165, 1.54) is 24.1 Å². The highest BCUT2D eigenvalue weighted by atomic mass is 19.4. The molecule has 0 aromatic heterocycles. The SMILES string of the molecule is CNc1ccc(C(=O)N2CCC(C)(O)C2)cc1C(F)(F)F. The van der Waals surface area contributed by atoms with Crippen molar-refractivity contribution in [1.82, 2.24) is 4.90 Å². The van der Waals surface area contributed by atoms with Gasteiger partial charge >= 0.3 is 6.18 Å². The van der Waals surface area contributed by atoms with Gasteiger partial charge in [-0.05, 0) is 31.5 Å². The third-order valence-corrected chi connectivity index (χ3v) is 3.58. The third kappa shape index (κ3) is 3.29. The average molecular weight is 302 g/mol. The number of likely N-dealkylation sites (tertiary alicyclic amines) is 1. The molecule has 1 heterocycles. The molecular weight excluding hydrogens is 285 g/mol. The predicted molar refractivity (Wildman–Crippen MR) is 72.1 cm³/mol. The molecule has 2 rings (SSSR count). The second-order valence-electron chi connectivity index (χ2n) is 5.48. The first kappa shape index (κ1) is 15.6. The van der Waals surface area contributed by atoms with Gasteiger partial charge in [-0.15, -0.1) is 0 Å². The van der Waals surface area contributed by atoms with Gasteiger partial charge in [0.05, 0.1) is 11.2 Å². The fraction of sp³-hybridized carbons (Fsp3) is 0.500. The maximum absolute atomic E-state index is 13.0. The van der Waals surface area contributed by atoms with Gasteiger partial charge in [0.25, 0.3) is 5.91 Å². The first-order valence-electron chi connectivity index (χ1n) is 6.55. The summed E-state index contributed by atoms with van der Waals surface area (Å²) in [6, 6.07) is 3.45. The normalized spacial score (nSPS) is 22.5. The van der Waals surface area contributed by atoms with E-state index >= 15 is 0 Å². The smallest absolute Gasteiger partial charge is 0.388 e. The standard InChI is InChI=1S/C14H17F3N2O2/c1-13(21)5-6-19(8-13)12(20)9-3-4-11(18-2)10(7-9)14(15,16)17/h3-4,7,18,21H,5-6,8H2,1-2H3. The van der Waals surface area contributed by atoms with Gasteiger partial charge in [-0.2, -0.15) is 13.2 Å². The highest BCUT2D eigenvalue weighted by molar-refractivity contribution is 5.95. The van der Waals surface area contributed by atoms with E-state index in [0.29, 0.717) is 13.0 Å². The largest absolute Gasteiger partial charge is 0.418 e. The Labute approximate surface area is 120 Å². The van der Waals surface area contributed by atoms with E-state index in [2.05, 4.69) is 5.32 Å². The topological polar surface area (TPSA) is 52.6 Å². The number of anilines is 1. The number of nitrogens with one attached hydrogen (secondary N) is 1. The Morgan fingerprint density at radius 1 is 1.43 bits per heavy atom. The minimum atomic E-state index is -4.54. The molecule has 0 bridgehead atoms. The fourth-order valence-corrected chi connectivity index (χ4v) is 2.43. The molecule has 1 aromatic rings. The zero-order valence-electron chi connectivity index (χ0n) is 11.8. The molecule has 0 spiro atoms. The Bertz CT molecular complexity index is 556. The molecule has 1 atom stereocenters. The highest BCUT2D eigenvalue weighted by Gasteiger charge is 2.37. The molecule has 21 heavy (non-hydrogen) atoms. The molecule has 1 fully saturated rings. The molecule has 1 aliphatic rings. The van der Waals surface area contributed by atoms with E-state index in [9.17, 15) is 23.1 Å². The molecule has 4 nitrogen and oxygen atoms in total. The van der Waals surface area contributed by atoms with Crippen molar-refractivity contribution in [2.45, 2.75) is 25.1 Å². The Morgan fingerprint density at radius 2 is 2.10 bits per heavy atom. The molecule has 0 radical (unpaired) electrons. The number of nitrogens with zero attached hydrogens (tertiary/aromatic N) is 1. The van der Waals surface area contributed by atoms with Crippen molar-refractivity contribution < 1.29 is 23.1 Å². The monoisotopic (exact) mass is 302 g/mol. The maximum Gasteiger partial charge on any atom is 0.418 e. The van der Waals surface area contributed by atoms with Crippen LogP contribution in [0.5, 0.6) is 0 Å². The fourth-order valence-electron chi connectivity index (χ4n) is 2.43. The number of carbonyl (C=O) groups is 1. The van der Waals surface area contributed by atoms with Crippen LogP contribution in [0.1, 0.15) is 29.3 Å². The summed E-state index contributed by atoms with van der Waals surface area (Å²) in [6.07, 6.45) is -4.12. The number of aliphatic hydroxyl groups is 1. The van der Waals surface area contributed by atoms with Gasteiger partial charge in [0.15, 0.2) is 0 Å². The van der Waals surface area contributed by atoms with Crippen molar-refractivity contribution in [3.8, 4) is 0 Å². The summed E-state index contributed by atoms with van der Waals surface area (Å²) >= 11 is 0. The van der Waals surface area contributed by atoms with Crippen LogP contribution in [0.2, 0.25) is 0 Å². The Hall–Kier alpha value is -1.76. The number of hydrogen-bond acceptors (Lipinski definition) is 3. The van der Waals surface area contributed by atoms with Crippen molar-refractivity contribution in [2.75, 3.05) is 25.5 Å². The lowest BCUT2D eigenvalue weighted by Gasteiger charge is -2.20. The second-order valence-corrected chi connectivity index (χ2v) is 5.48. The minimum absolute atomic E-state index is 0.0287. The Kier molecular flexibility index (Phi) is 3.88. The molecule has 1 aliphatic heterocycles. The summed E-state index contributed by atoms with van der Waals surface area (Å²) in [6.45, 7) is 2.06. The van der Waals surface area contributed by atoms with E-state index in [-0.39, 0.29) is 17.8 Å². The number of amides is 1. The predicted octanol–water partition coefficient (Wildman–Crippen LogP) is 2.34. The Balaban J connectivity index is 2.31. The first-order chi connectivity index (χ1) is 9.64. The third-order valence-electron chi connectivity index (χ3n) is 3.58. The summed E-state index contributed by atoms with van der Waals surface area (Å²) in [4.78, 5) is 13.6. The molecule has 1 unspecified atom stereocenters. The lowest BCUT2D eigenvalue weighted by molar-refractivity contribution is -0.137.